The van der Waals surface area contributed by atoms with Gasteiger partial charge in [-0.3, -0.25) is 14.6 Å². The van der Waals surface area contributed by atoms with Gasteiger partial charge in [-0.1, -0.05) is 31.4 Å². The number of hydrogen-bond donors (Lipinski definition) is 0. The molecule has 120 valence electrons. The van der Waals surface area contributed by atoms with Crippen LogP contribution in [0.25, 0.3) is 10.9 Å². The van der Waals surface area contributed by atoms with Crippen LogP contribution >= 0.6 is 11.6 Å². The van der Waals surface area contributed by atoms with E-state index < -0.39 is 5.92 Å². The fraction of sp³-hybridized carbons (Fsp3) is 0.353. The molecule has 5 nitrogen and oxygen atoms in total. The molecule has 0 radical (unpaired) electrons. The van der Waals surface area contributed by atoms with Crippen LogP contribution in [0.5, 0.6) is 0 Å². The molecule has 6 heteroatoms. The number of pyridine rings is 1. The molecule has 2 aromatic rings. The van der Waals surface area contributed by atoms with Gasteiger partial charge in [-0.25, -0.2) is 10.0 Å². The molecule has 2 amide bonds. The fourth-order valence-electron chi connectivity index (χ4n) is 2.95. The summed E-state index contributed by atoms with van der Waals surface area (Å²) in [5.74, 6) is -0.911. The van der Waals surface area contributed by atoms with E-state index in [1.165, 1.54) is 10.0 Å². The molecule has 1 saturated heterocycles. The van der Waals surface area contributed by atoms with Crippen molar-refractivity contribution in [2.45, 2.75) is 26.2 Å². The molecule has 1 aliphatic rings. The van der Waals surface area contributed by atoms with Crippen LogP contribution in [0, 0.1) is 5.92 Å². The Kier molecular flexibility index (Phi) is 4.22. The van der Waals surface area contributed by atoms with Crippen LogP contribution in [0.15, 0.2) is 30.5 Å². The first-order valence-electron chi connectivity index (χ1n) is 7.70. The van der Waals surface area contributed by atoms with Crippen LogP contribution in [0.2, 0.25) is 5.02 Å². The Bertz CT molecular complexity index is 778. The van der Waals surface area contributed by atoms with Gasteiger partial charge in [-0.15, -0.1) is 0 Å². The van der Waals surface area contributed by atoms with E-state index in [0.717, 1.165) is 18.2 Å². The van der Waals surface area contributed by atoms with Crippen molar-refractivity contribution < 1.29 is 9.59 Å². The Hall–Kier alpha value is -2.14. The lowest BCUT2D eigenvalue weighted by atomic mass is 10.0. The average Bonchev–Trinajstić information content (AvgIpc) is 2.74. The third-order valence-electron chi connectivity index (χ3n) is 4.18. The largest absolute Gasteiger partial charge is 0.272 e. The molecule has 1 aromatic heterocycles. The summed E-state index contributed by atoms with van der Waals surface area (Å²) in [5.41, 5.74) is 1.35. The van der Waals surface area contributed by atoms with E-state index in [-0.39, 0.29) is 11.8 Å². The number of carbonyl (C=O) groups is 2. The van der Waals surface area contributed by atoms with Gasteiger partial charge >= 0.3 is 0 Å². The van der Waals surface area contributed by atoms with E-state index in [2.05, 4.69) is 4.98 Å². The minimum atomic E-state index is -0.588. The van der Waals surface area contributed by atoms with Gasteiger partial charge in [0.25, 0.3) is 11.8 Å². The number of anilines is 1. The number of unbranched alkanes of at least 4 members (excludes halogenated alkanes) is 1. The molecule has 3 rings (SSSR count). The lowest BCUT2D eigenvalue weighted by molar-refractivity contribution is -0.131. The average molecular weight is 332 g/mol. The van der Waals surface area contributed by atoms with Crippen LogP contribution in [0.1, 0.15) is 26.2 Å². The highest BCUT2D eigenvalue weighted by Gasteiger charge is 2.44. The summed E-state index contributed by atoms with van der Waals surface area (Å²) in [5, 5.41) is 4.24. The lowest BCUT2D eigenvalue weighted by Crippen LogP contribution is -2.38. The van der Waals surface area contributed by atoms with E-state index in [1.807, 2.05) is 13.0 Å². The van der Waals surface area contributed by atoms with Gasteiger partial charge < -0.3 is 0 Å². The summed E-state index contributed by atoms with van der Waals surface area (Å²) in [4.78, 5) is 29.5. The maximum absolute atomic E-state index is 12.8. The number of fused-ring (bicyclic) bond motifs is 1. The molecular formula is C17H18ClN3O2. The summed E-state index contributed by atoms with van der Waals surface area (Å²) in [7, 11) is 1.63. The van der Waals surface area contributed by atoms with Crippen molar-refractivity contribution in [2.24, 2.45) is 5.92 Å². The van der Waals surface area contributed by atoms with E-state index in [9.17, 15) is 9.59 Å². The summed E-state index contributed by atoms with van der Waals surface area (Å²) in [6.45, 7) is 2.05. The number of hydrogen-bond acceptors (Lipinski definition) is 3. The van der Waals surface area contributed by atoms with Crippen molar-refractivity contribution >= 4 is 40.0 Å². The number of halogens is 1. The number of amides is 2. The second-order valence-corrected chi connectivity index (χ2v) is 6.13. The van der Waals surface area contributed by atoms with E-state index in [1.54, 1.807) is 31.4 Å². The standard InChI is InChI=1S/C17H18ClN3O2/c1-3-4-5-13-16(22)20(2)21(17(13)23)15-8-9-19-14-10-11(18)6-7-12(14)15/h6-10,13H,3-5H2,1-2H3. The normalized spacial score (nSPS) is 18.3. The molecule has 0 aliphatic carbocycles. The molecule has 1 aromatic carbocycles. The number of hydrazine groups is 1. The highest BCUT2D eigenvalue weighted by Crippen LogP contribution is 2.33. The quantitative estimate of drug-likeness (QED) is 0.807. The number of nitrogens with zero attached hydrogens (tertiary/aromatic N) is 3. The molecule has 0 N–H and O–H groups in total. The zero-order chi connectivity index (χ0) is 16.6. The van der Waals surface area contributed by atoms with Gasteiger partial charge in [0.2, 0.25) is 0 Å². The second-order valence-electron chi connectivity index (χ2n) is 5.70. The summed E-state index contributed by atoms with van der Waals surface area (Å²) in [6.07, 6.45) is 4.02. The smallest absolute Gasteiger partial charge is 0.258 e. The predicted octanol–water partition coefficient (Wildman–Crippen LogP) is 3.41. The van der Waals surface area contributed by atoms with Crippen LogP contribution in [0.3, 0.4) is 0 Å². The third kappa shape index (κ3) is 2.65. The van der Waals surface area contributed by atoms with Crippen molar-refractivity contribution in [3.05, 3.63) is 35.5 Å². The topological polar surface area (TPSA) is 53.5 Å². The molecular weight excluding hydrogens is 314 g/mol. The van der Waals surface area contributed by atoms with E-state index >= 15 is 0 Å². The maximum atomic E-state index is 12.8. The summed E-state index contributed by atoms with van der Waals surface area (Å²) >= 11 is 6.01. The van der Waals surface area contributed by atoms with Crippen LogP contribution in [-0.4, -0.2) is 28.9 Å². The SMILES string of the molecule is CCCCC1C(=O)N(C)N(c2ccnc3cc(Cl)ccc23)C1=O. The molecule has 1 fully saturated rings. The number of carbonyl (C=O) groups excluding carboxylic acids is 2. The van der Waals surface area contributed by atoms with Crippen LogP contribution < -0.4 is 5.01 Å². The zero-order valence-corrected chi connectivity index (χ0v) is 13.9. The van der Waals surface area contributed by atoms with Gasteiger partial charge in [0.15, 0.2) is 0 Å². The zero-order valence-electron chi connectivity index (χ0n) is 13.1. The Morgan fingerprint density at radius 2 is 2.00 bits per heavy atom. The first kappa shape index (κ1) is 15.7. The lowest BCUT2D eigenvalue weighted by Gasteiger charge is -2.24. The number of aromatic nitrogens is 1. The second kappa shape index (κ2) is 6.16. The number of benzene rings is 1. The van der Waals surface area contributed by atoms with Crippen LogP contribution in [0.4, 0.5) is 5.69 Å². The molecule has 23 heavy (non-hydrogen) atoms. The first-order chi connectivity index (χ1) is 11.0. The van der Waals surface area contributed by atoms with E-state index in [4.69, 9.17) is 11.6 Å². The maximum Gasteiger partial charge on any atom is 0.258 e. The van der Waals surface area contributed by atoms with Gasteiger partial charge in [0.1, 0.15) is 5.92 Å². The summed E-state index contributed by atoms with van der Waals surface area (Å²) < 4.78 is 0. The number of rotatable bonds is 4. The highest BCUT2D eigenvalue weighted by molar-refractivity contribution is 6.31. The molecule has 0 bridgehead atoms. The molecule has 1 unspecified atom stereocenters. The van der Waals surface area contributed by atoms with Crippen molar-refractivity contribution in [3.63, 3.8) is 0 Å². The van der Waals surface area contributed by atoms with Gasteiger partial charge in [0, 0.05) is 23.7 Å². The van der Waals surface area contributed by atoms with Gasteiger partial charge in [-0.05, 0) is 30.7 Å². The van der Waals surface area contributed by atoms with E-state index in [0.29, 0.717) is 22.6 Å². The summed E-state index contributed by atoms with van der Waals surface area (Å²) in [6, 6.07) is 7.08. The minimum absolute atomic E-state index is 0.151. The van der Waals surface area contributed by atoms with Crippen molar-refractivity contribution in [1.82, 2.24) is 9.99 Å². The minimum Gasteiger partial charge on any atom is -0.272 e. The Labute approximate surface area is 139 Å². The Balaban J connectivity index is 2.04. The molecule has 1 atom stereocenters. The van der Waals surface area contributed by atoms with Crippen molar-refractivity contribution in [1.29, 1.82) is 0 Å². The molecule has 1 aliphatic heterocycles. The van der Waals surface area contributed by atoms with Crippen LogP contribution in [-0.2, 0) is 9.59 Å². The van der Waals surface area contributed by atoms with Gasteiger partial charge in [-0.2, -0.15) is 0 Å². The predicted molar refractivity (Wildman–Crippen MR) is 90.0 cm³/mol. The first-order valence-corrected chi connectivity index (χ1v) is 8.08. The van der Waals surface area contributed by atoms with Gasteiger partial charge in [0.05, 0.1) is 11.2 Å². The van der Waals surface area contributed by atoms with Crippen molar-refractivity contribution in [2.75, 3.05) is 12.1 Å². The fourth-order valence-corrected chi connectivity index (χ4v) is 3.12. The molecule has 0 saturated carbocycles. The Morgan fingerprint density at radius 1 is 1.22 bits per heavy atom. The van der Waals surface area contributed by atoms with Crippen molar-refractivity contribution in [3.8, 4) is 0 Å². The third-order valence-corrected chi connectivity index (χ3v) is 4.42. The monoisotopic (exact) mass is 331 g/mol. The highest BCUT2D eigenvalue weighted by atomic mass is 35.5. The molecule has 0 spiro atoms. The Morgan fingerprint density at radius 3 is 2.74 bits per heavy atom. The molecule has 2 heterocycles.